The fourth-order valence-corrected chi connectivity index (χ4v) is 1.76. The van der Waals surface area contributed by atoms with E-state index >= 15 is 0 Å². The van der Waals surface area contributed by atoms with Gasteiger partial charge in [-0.15, -0.1) is 0 Å². The van der Waals surface area contributed by atoms with Crippen LogP contribution >= 0.6 is 0 Å². The molecule has 1 aromatic rings. The first kappa shape index (κ1) is 13.1. The van der Waals surface area contributed by atoms with E-state index in [1.165, 1.54) is 6.07 Å². The zero-order valence-electron chi connectivity index (χ0n) is 10.1. The standard InChI is InChI=1S/C12H20FN3/c1-12(9-14,15-16(2)3)8-10-6-4-5-7-11(10)13/h4-7,15H,8-9,14H2,1-3H3. The molecule has 0 spiro atoms. The third-order valence-corrected chi connectivity index (χ3v) is 2.48. The van der Waals surface area contributed by atoms with Crippen LogP contribution in [0.3, 0.4) is 0 Å². The fourth-order valence-electron chi connectivity index (χ4n) is 1.76. The van der Waals surface area contributed by atoms with E-state index in [1.807, 2.05) is 32.1 Å². The van der Waals surface area contributed by atoms with E-state index in [0.29, 0.717) is 18.5 Å². The Morgan fingerprint density at radius 1 is 1.38 bits per heavy atom. The first-order valence-corrected chi connectivity index (χ1v) is 5.35. The highest BCUT2D eigenvalue weighted by molar-refractivity contribution is 5.20. The number of nitrogens with zero attached hydrogens (tertiary/aromatic N) is 1. The van der Waals surface area contributed by atoms with Gasteiger partial charge in [0.1, 0.15) is 5.82 Å². The summed E-state index contributed by atoms with van der Waals surface area (Å²) < 4.78 is 13.5. The molecular formula is C12H20FN3. The van der Waals surface area contributed by atoms with Gasteiger partial charge in [-0.3, -0.25) is 5.01 Å². The summed E-state index contributed by atoms with van der Waals surface area (Å²) in [5.74, 6) is -0.178. The van der Waals surface area contributed by atoms with Crippen molar-refractivity contribution in [3.8, 4) is 0 Å². The van der Waals surface area contributed by atoms with Crippen LogP contribution in [0, 0.1) is 5.82 Å². The van der Waals surface area contributed by atoms with Crippen LogP contribution in [0.2, 0.25) is 0 Å². The Bertz CT molecular complexity index is 341. The van der Waals surface area contributed by atoms with Crippen LogP contribution in [0.25, 0.3) is 0 Å². The molecule has 0 aliphatic heterocycles. The van der Waals surface area contributed by atoms with Crippen molar-refractivity contribution in [3.05, 3.63) is 35.6 Å². The fraction of sp³-hybridized carbons (Fsp3) is 0.500. The Balaban J connectivity index is 2.81. The summed E-state index contributed by atoms with van der Waals surface area (Å²) in [6.45, 7) is 2.43. The van der Waals surface area contributed by atoms with Crippen LogP contribution in [0.15, 0.2) is 24.3 Å². The van der Waals surface area contributed by atoms with Crippen LogP contribution < -0.4 is 11.2 Å². The molecule has 1 aromatic carbocycles. The van der Waals surface area contributed by atoms with Crippen LogP contribution in [-0.4, -0.2) is 31.2 Å². The van der Waals surface area contributed by atoms with Gasteiger partial charge in [-0.2, -0.15) is 0 Å². The molecule has 1 atom stereocenters. The van der Waals surface area contributed by atoms with Crippen molar-refractivity contribution in [3.63, 3.8) is 0 Å². The quantitative estimate of drug-likeness (QED) is 0.739. The highest BCUT2D eigenvalue weighted by Crippen LogP contribution is 2.15. The summed E-state index contributed by atoms with van der Waals surface area (Å²) in [4.78, 5) is 0. The van der Waals surface area contributed by atoms with E-state index in [4.69, 9.17) is 5.73 Å². The summed E-state index contributed by atoms with van der Waals surface area (Å²) in [5, 5.41) is 1.84. The van der Waals surface area contributed by atoms with Gasteiger partial charge < -0.3 is 5.73 Å². The molecule has 0 heterocycles. The van der Waals surface area contributed by atoms with Crippen molar-refractivity contribution in [1.82, 2.24) is 10.4 Å². The molecule has 1 unspecified atom stereocenters. The summed E-state index contributed by atoms with van der Waals surface area (Å²) in [5.41, 5.74) is 9.32. The topological polar surface area (TPSA) is 41.3 Å². The first-order chi connectivity index (χ1) is 7.47. The van der Waals surface area contributed by atoms with Crippen molar-refractivity contribution in [2.75, 3.05) is 20.6 Å². The maximum Gasteiger partial charge on any atom is 0.126 e. The minimum atomic E-state index is -0.328. The summed E-state index contributed by atoms with van der Waals surface area (Å²) >= 11 is 0. The average molecular weight is 225 g/mol. The normalized spacial score (nSPS) is 15.1. The zero-order chi connectivity index (χ0) is 12.2. The van der Waals surface area contributed by atoms with Gasteiger partial charge in [0.15, 0.2) is 0 Å². The molecule has 0 saturated heterocycles. The van der Waals surface area contributed by atoms with E-state index in [-0.39, 0.29) is 11.4 Å². The van der Waals surface area contributed by atoms with E-state index in [0.717, 1.165) is 0 Å². The van der Waals surface area contributed by atoms with E-state index < -0.39 is 0 Å². The Labute approximate surface area is 96.4 Å². The maximum atomic E-state index is 13.5. The molecule has 0 aromatic heterocycles. The number of hydrazine groups is 1. The largest absolute Gasteiger partial charge is 0.329 e. The van der Waals surface area contributed by atoms with Crippen molar-refractivity contribution in [2.45, 2.75) is 18.9 Å². The maximum absolute atomic E-state index is 13.5. The predicted octanol–water partition coefficient (Wildman–Crippen LogP) is 1.15. The molecule has 0 amide bonds. The van der Waals surface area contributed by atoms with Gasteiger partial charge in [-0.1, -0.05) is 18.2 Å². The number of benzene rings is 1. The minimum Gasteiger partial charge on any atom is -0.329 e. The highest BCUT2D eigenvalue weighted by atomic mass is 19.1. The lowest BCUT2D eigenvalue weighted by Gasteiger charge is -2.33. The molecule has 3 nitrogen and oxygen atoms in total. The highest BCUT2D eigenvalue weighted by Gasteiger charge is 2.24. The van der Waals surface area contributed by atoms with Gasteiger partial charge in [0.25, 0.3) is 0 Å². The van der Waals surface area contributed by atoms with Crippen LogP contribution in [0.4, 0.5) is 4.39 Å². The lowest BCUT2D eigenvalue weighted by Crippen LogP contribution is -2.55. The summed E-state index contributed by atoms with van der Waals surface area (Å²) in [6.07, 6.45) is 0.564. The van der Waals surface area contributed by atoms with Crippen LogP contribution in [0.1, 0.15) is 12.5 Å². The van der Waals surface area contributed by atoms with Crippen molar-refractivity contribution in [2.24, 2.45) is 5.73 Å². The molecule has 90 valence electrons. The second-order valence-corrected chi connectivity index (χ2v) is 4.54. The molecule has 0 aliphatic carbocycles. The second-order valence-electron chi connectivity index (χ2n) is 4.54. The zero-order valence-corrected chi connectivity index (χ0v) is 10.1. The predicted molar refractivity (Wildman–Crippen MR) is 64.4 cm³/mol. The smallest absolute Gasteiger partial charge is 0.126 e. The lowest BCUT2D eigenvalue weighted by molar-refractivity contribution is 0.174. The van der Waals surface area contributed by atoms with Gasteiger partial charge >= 0.3 is 0 Å². The third-order valence-electron chi connectivity index (χ3n) is 2.48. The number of hydrogen-bond acceptors (Lipinski definition) is 3. The number of rotatable bonds is 5. The second kappa shape index (κ2) is 5.39. The monoisotopic (exact) mass is 225 g/mol. The number of hydrogen-bond donors (Lipinski definition) is 2. The molecule has 0 saturated carbocycles. The number of nitrogens with one attached hydrogen (secondary N) is 1. The molecule has 16 heavy (non-hydrogen) atoms. The van der Waals surface area contributed by atoms with Crippen molar-refractivity contribution in [1.29, 1.82) is 0 Å². The Hall–Kier alpha value is -0.970. The van der Waals surface area contributed by atoms with Crippen LogP contribution in [0.5, 0.6) is 0 Å². The number of nitrogens with two attached hydrogens (primary N) is 1. The Morgan fingerprint density at radius 3 is 2.50 bits per heavy atom. The SMILES string of the molecule is CN(C)NC(C)(CN)Cc1ccccc1F. The molecular weight excluding hydrogens is 205 g/mol. The van der Waals surface area contributed by atoms with E-state index in [1.54, 1.807) is 12.1 Å². The summed E-state index contributed by atoms with van der Waals surface area (Å²) in [7, 11) is 3.80. The lowest BCUT2D eigenvalue weighted by atomic mass is 9.93. The van der Waals surface area contributed by atoms with Crippen molar-refractivity contribution >= 4 is 0 Å². The average Bonchev–Trinajstić information content (AvgIpc) is 2.20. The Kier molecular flexibility index (Phi) is 4.41. The first-order valence-electron chi connectivity index (χ1n) is 5.35. The van der Waals surface area contributed by atoms with E-state index in [2.05, 4.69) is 5.43 Å². The molecule has 0 radical (unpaired) electrons. The summed E-state index contributed by atoms with van der Waals surface area (Å²) in [6, 6.07) is 6.80. The Morgan fingerprint density at radius 2 is 2.00 bits per heavy atom. The molecule has 0 bridgehead atoms. The molecule has 4 heteroatoms. The van der Waals surface area contributed by atoms with Gasteiger partial charge in [0.2, 0.25) is 0 Å². The molecule has 3 N–H and O–H groups in total. The third kappa shape index (κ3) is 3.56. The van der Waals surface area contributed by atoms with Gasteiger partial charge in [0, 0.05) is 26.2 Å². The van der Waals surface area contributed by atoms with E-state index in [9.17, 15) is 4.39 Å². The van der Waals surface area contributed by atoms with Crippen LogP contribution in [-0.2, 0) is 6.42 Å². The van der Waals surface area contributed by atoms with Gasteiger partial charge in [-0.25, -0.2) is 9.82 Å². The van der Waals surface area contributed by atoms with Crippen molar-refractivity contribution < 1.29 is 4.39 Å². The number of halogens is 1. The molecule has 0 fully saturated rings. The minimum absolute atomic E-state index is 0.178. The van der Waals surface area contributed by atoms with Gasteiger partial charge in [0.05, 0.1) is 0 Å². The van der Waals surface area contributed by atoms with Gasteiger partial charge in [-0.05, 0) is 25.0 Å². The molecule has 1 rings (SSSR count). The molecule has 0 aliphatic rings.